The number of nitrogens with zero attached hydrogens (tertiary/aromatic N) is 3. The van der Waals surface area contributed by atoms with Gasteiger partial charge in [-0.25, -0.2) is 9.78 Å². The average molecular weight is 579 g/mol. The molecule has 0 saturated carbocycles. The van der Waals surface area contributed by atoms with Gasteiger partial charge in [-0.05, 0) is 58.4 Å². The summed E-state index contributed by atoms with van der Waals surface area (Å²) >= 11 is 0. The van der Waals surface area contributed by atoms with Crippen LogP contribution in [0.1, 0.15) is 51.7 Å². The van der Waals surface area contributed by atoms with Crippen LogP contribution in [0.5, 0.6) is 0 Å². The number of hydrogen-bond donors (Lipinski definition) is 5. The summed E-state index contributed by atoms with van der Waals surface area (Å²) in [5.74, 6) is 6.89. The third-order valence-electron chi connectivity index (χ3n) is 5.79. The average Bonchev–Trinajstić information content (AvgIpc) is 2.95. The van der Waals surface area contributed by atoms with Gasteiger partial charge in [0.2, 0.25) is 11.9 Å². The summed E-state index contributed by atoms with van der Waals surface area (Å²) in [6.07, 6.45) is 6.92. The van der Waals surface area contributed by atoms with Crippen LogP contribution in [0.25, 0.3) is 0 Å². The molecular formula is C30H42N8O4. The molecule has 0 aliphatic rings. The van der Waals surface area contributed by atoms with E-state index in [-0.39, 0.29) is 5.91 Å². The standard InChI is InChI=1S/C30H42N8O4/c1-21(38(6)29(40)42-30(2,3)4)27(39)34-15-10-8-9-12-23-20-35-28(37-26(23)33-16-11-17-41-7)36-24-14-13-22(19-31)25(18-24)32-5/h11,13-14,17-21,31-32H,8,10,15-16H2,1-7H3,(H,34,39)(H2,33,35,36,37). The summed E-state index contributed by atoms with van der Waals surface area (Å²) in [7, 11) is 4.91. The number of anilines is 4. The van der Waals surface area contributed by atoms with Crippen LogP contribution in [0.2, 0.25) is 0 Å². The van der Waals surface area contributed by atoms with E-state index in [1.165, 1.54) is 18.2 Å². The van der Waals surface area contributed by atoms with Crippen LogP contribution in [0.3, 0.4) is 0 Å². The molecule has 1 atom stereocenters. The maximum Gasteiger partial charge on any atom is 0.410 e. The van der Waals surface area contributed by atoms with Gasteiger partial charge in [0.15, 0.2) is 0 Å². The Kier molecular flexibility index (Phi) is 13.1. The number of nitrogens with one attached hydrogen (secondary N) is 5. The van der Waals surface area contributed by atoms with Gasteiger partial charge >= 0.3 is 6.09 Å². The van der Waals surface area contributed by atoms with Crippen LogP contribution in [0, 0.1) is 17.3 Å². The van der Waals surface area contributed by atoms with E-state index in [0.717, 1.165) is 16.9 Å². The molecule has 0 aliphatic heterocycles. The maximum atomic E-state index is 12.5. The number of benzene rings is 1. The summed E-state index contributed by atoms with van der Waals surface area (Å²) < 4.78 is 10.3. The largest absolute Gasteiger partial charge is 0.505 e. The number of unbranched alkanes of at least 4 members (excludes halogenated alkanes) is 1. The van der Waals surface area contributed by atoms with Gasteiger partial charge in [-0.3, -0.25) is 9.69 Å². The Hall–Kier alpha value is -4.79. The van der Waals surface area contributed by atoms with E-state index in [9.17, 15) is 9.59 Å². The van der Waals surface area contributed by atoms with Crippen molar-refractivity contribution in [1.82, 2.24) is 20.2 Å². The Bertz CT molecular complexity index is 1310. The summed E-state index contributed by atoms with van der Waals surface area (Å²) in [4.78, 5) is 35.0. The topological polar surface area (TPSA) is 154 Å². The van der Waals surface area contributed by atoms with Gasteiger partial charge in [0.05, 0.1) is 25.1 Å². The highest BCUT2D eigenvalue weighted by atomic mass is 16.6. The molecule has 12 heteroatoms. The van der Waals surface area contributed by atoms with Crippen molar-refractivity contribution in [3.05, 3.63) is 47.9 Å². The number of rotatable bonds is 13. The van der Waals surface area contributed by atoms with E-state index < -0.39 is 17.7 Å². The zero-order valence-corrected chi connectivity index (χ0v) is 25.4. The van der Waals surface area contributed by atoms with E-state index in [2.05, 4.69) is 43.1 Å². The number of hydrogen-bond acceptors (Lipinski definition) is 10. The number of ether oxygens (including phenoxy) is 2. The van der Waals surface area contributed by atoms with Crippen molar-refractivity contribution in [2.24, 2.45) is 0 Å². The van der Waals surface area contributed by atoms with E-state index in [1.807, 2.05) is 24.3 Å². The number of aromatic nitrogens is 2. The second kappa shape index (κ2) is 16.5. The highest BCUT2D eigenvalue weighted by Gasteiger charge is 2.26. The third-order valence-corrected chi connectivity index (χ3v) is 5.79. The second-order valence-corrected chi connectivity index (χ2v) is 10.2. The van der Waals surface area contributed by atoms with Crippen molar-refractivity contribution in [2.45, 2.75) is 52.2 Å². The highest BCUT2D eigenvalue weighted by molar-refractivity contribution is 5.87. The zero-order valence-electron chi connectivity index (χ0n) is 25.4. The molecule has 1 aromatic heterocycles. The molecule has 0 saturated heterocycles. The lowest BCUT2D eigenvalue weighted by atomic mass is 10.1. The molecule has 42 heavy (non-hydrogen) atoms. The number of carbonyl (C=O) groups is 2. The Labute approximate surface area is 248 Å². The first-order chi connectivity index (χ1) is 20.0. The fourth-order valence-electron chi connectivity index (χ4n) is 3.44. The first-order valence-corrected chi connectivity index (χ1v) is 13.6. The van der Waals surface area contributed by atoms with E-state index in [1.54, 1.807) is 54.3 Å². The molecule has 1 unspecified atom stereocenters. The summed E-state index contributed by atoms with van der Waals surface area (Å²) in [6.45, 7) is 7.87. The molecule has 226 valence electrons. The molecule has 2 aromatic rings. The normalized spacial score (nSPS) is 11.5. The molecule has 0 bridgehead atoms. The fourth-order valence-corrected chi connectivity index (χ4v) is 3.44. The van der Waals surface area contributed by atoms with Crippen molar-refractivity contribution >= 4 is 41.4 Å². The second-order valence-electron chi connectivity index (χ2n) is 10.2. The van der Waals surface area contributed by atoms with Crippen LogP contribution in [0.15, 0.2) is 36.7 Å². The van der Waals surface area contributed by atoms with E-state index >= 15 is 0 Å². The minimum atomic E-state index is -0.672. The minimum absolute atomic E-state index is 0.266. The molecule has 12 nitrogen and oxygen atoms in total. The van der Waals surface area contributed by atoms with Gasteiger partial charge in [-0.2, -0.15) is 4.98 Å². The Balaban J connectivity index is 2.00. The monoisotopic (exact) mass is 578 g/mol. The van der Waals surface area contributed by atoms with Gasteiger partial charge in [0, 0.05) is 56.8 Å². The lowest BCUT2D eigenvalue weighted by Gasteiger charge is -2.28. The predicted molar refractivity (Wildman–Crippen MR) is 166 cm³/mol. The first kappa shape index (κ1) is 33.4. The number of amides is 2. The fraction of sp³-hybridized carbons (Fsp3) is 0.433. The van der Waals surface area contributed by atoms with Gasteiger partial charge in [0.1, 0.15) is 17.5 Å². The van der Waals surface area contributed by atoms with Crippen LogP contribution in [-0.4, -0.2) is 79.0 Å². The Morgan fingerprint density at radius 3 is 2.69 bits per heavy atom. The molecule has 0 fully saturated rings. The molecule has 2 rings (SSSR count). The van der Waals surface area contributed by atoms with Crippen molar-refractivity contribution in [1.29, 1.82) is 5.41 Å². The smallest absolute Gasteiger partial charge is 0.410 e. The van der Waals surface area contributed by atoms with Crippen molar-refractivity contribution in [2.75, 3.05) is 50.2 Å². The third kappa shape index (κ3) is 11.0. The van der Waals surface area contributed by atoms with Crippen LogP contribution >= 0.6 is 0 Å². The molecule has 5 N–H and O–H groups in total. The maximum absolute atomic E-state index is 12.5. The Morgan fingerprint density at radius 1 is 1.26 bits per heavy atom. The number of carbonyl (C=O) groups excluding carboxylic acids is 2. The van der Waals surface area contributed by atoms with Crippen LogP contribution in [-0.2, 0) is 14.3 Å². The summed E-state index contributed by atoms with van der Waals surface area (Å²) in [5.41, 5.74) is 2.33. The Morgan fingerprint density at radius 2 is 2.02 bits per heavy atom. The van der Waals surface area contributed by atoms with E-state index in [0.29, 0.717) is 43.3 Å². The molecular weight excluding hydrogens is 536 g/mol. The lowest BCUT2D eigenvalue weighted by molar-refractivity contribution is -0.125. The van der Waals surface area contributed by atoms with E-state index in [4.69, 9.17) is 14.9 Å². The summed E-state index contributed by atoms with van der Waals surface area (Å²) in [5, 5.41) is 19.9. The van der Waals surface area contributed by atoms with Crippen molar-refractivity contribution < 1.29 is 19.1 Å². The van der Waals surface area contributed by atoms with Gasteiger partial charge < -0.3 is 36.2 Å². The number of likely N-dealkylation sites (N-methyl/N-ethyl adjacent to an activating group) is 1. The molecule has 0 spiro atoms. The van der Waals surface area contributed by atoms with Gasteiger partial charge in [0.25, 0.3) is 0 Å². The van der Waals surface area contributed by atoms with Gasteiger partial charge in [-0.15, -0.1) is 0 Å². The van der Waals surface area contributed by atoms with Crippen LogP contribution in [0.4, 0.5) is 27.9 Å². The first-order valence-electron chi connectivity index (χ1n) is 13.6. The molecule has 2 amide bonds. The highest BCUT2D eigenvalue weighted by Crippen LogP contribution is 2.22. The quantitative estimate of drug-likeness (QED) is 0.101. The van der Waals surface area contributed by atoms with Crippen molar-refractivity contribution in [3.8, 4) is 11.8 Å². The molecule has 0 radical (unpaired) electrons. The van der Waals surface area contributed by atoms with Crippen LogP contribution < -0.4 is 21.3 Å². The molecule has 1 aromatic carbocycles. The zero-order chi connectivity index (χ0) is 31.1. The SMILES string of the molecule is CNc1cc(Nc2ncc(C#CCCCNC(=O)C(C)N(C)C(=O)OC(C)(C)C)c(NCC=COC)n2)ccc1C=N. The van der Waals surface area contributed by atoms with Gasteiger partial charge in [-0.1, -0.05) is 11.8 Å². The minimum Gasteiger partial charge on any atom is -0.505 e. The molecule has 1 heterocycles. The number of methoxy groups -OCH3 is 1. The summed E-state index contributed by atoms with van der Waals surface area (Å²) in [6, 6.07) is 4.88. The van der Waals surface area contributed by atoms with Crippen molar-refractivity contribution in [3.63, 3.8) is 0 Å². The lowest BCUT2D eigenvalue weighted by Crippen LogP contribution is -2.47. The molecule has 0 aliphatic carbocycles. The predicted octanol–water partition coefficient (Wildman–Crippen LogP) is 4.33.